The maximum absolute atomic E-state index is 13.6. The smallest absolute Gasteiger partial charge is 0.269 e. The van der Waals surface area contributed by atoms with Crippen molar-refractivity contribution in [1.29, 1.82) is 0 Å². The molecule has 5 rings (SSSR count). The van der Waals surface area contributed by atoms with Gasteiger partial charge in [0.2, 0.25) is 11.8 Å². The lowest BCUT2D eigenvalue weighted by Crippen LogP contribution is -2.46. The highest BCUT2D eigenvalue weighted by molar-refractivity contribution is 6.25. The summed E-state index contributed by atoms with van der Waals surface area (Å²) in [5.41, 5.74) is 0.681. The molecule has 9 nitrogen and oxygen atoms in total. The summed E-state index contributed by atoms with van der Waals surface area (Å²) in [6, 6.07) is 7.23. The van der Waals surface area contributed by atoms with Gasteiger partial charge in [-0.05, 0) is 48.9 Å². The Morgan fingerprint density at radius 1 is 1.09 bits per heavy atom. The Labute approximate surface area is 186 Å². The van der Waals surface area contributed by atoms with E-state index in [2.05, 4.69) is 5.10 Å². The fourth-order valence-corrected chi connectivity index (χ4v) is 4.86. The van der Waals surface area contributed by atoms with Crippen molar-refractivity contribution < 1.29 is 23.7 Å². The summed E-state index contributed by atoms with van der Waals surface area (Å²) in [5, 5.41) is 16.8. The van der Waals surface area contributed by atoms with Crippen LogP contribution in [0.3, 0.4) is 0 Å². The number of halogens is 1. The van der Waals surface area contributed by atoms with Crippen molar-refractivity contribution in [3.8, 4) is 0 Å². The largest absolute Gasteiger partial charge is 0.292 e. The third-order valence-corrected chi connectivity index (χ3v) is 6.32. The molecule has 2 saturated heterocycles. The van der Waals surface area contributed by atoms with Gasteiger partial charge in [-0.1, -0.05) is 6.08 Å². The first-order valence-corrected chi connectivity index (χ1v) is 10.2. The minimum Gasteiger partial charge on any atom is -0.292 e. The molecule has 0 aromatic heterocycles. The van der Waals surface area contributed by atoms with Crippen LogP contribution in [0.25, 0.3) is 0 Å². The molecule has 0 aliphatic carbocycles. The summed E-state index contributed by atoms with van der Waals surface area (Å²) in [6.45, 7) is 1.58. The monoisotopic (exact) mass is 448 g/mol. The molecule has 2 aromatic rings. The topological polar surface area (TPSA) is 113 Å². The number of hydrogen-bond acceptors (Lipinski definition) is 7. The highest BCUT2D eigenvalue weighted by Gasteiger charge is 2.64. The number of imide groups is 1. The van der Waals surface area contributed by atoms with Crippen molar-refractivity contribution in [3.05, 3.63) is 81.7 Å². The molecule has 166 valence electrons. The number of nitro groups is 1. The number of hydrazone groups is 1. The minimum absolute atomic E-state index is 0.157. The van der Waals surface area contributed by atoms with Gasteiger partial charge in [-0.2, -0.15) is 5.10 Å². The van der Waals surface area contributed by atoms with E-state index in [0.717, 1.165) is 17.0 Å². The summed E-state index contributed by atoms with van der Waals surface area (Å²) in [6.07, 6.45) is 4.86. The van der Waals surface area contributed by atoms with Crippen molar-refractivity contribution in [1.82, 2.24) is 5.01 Å². The van der Waals surface area contributed by atoms with Gasteiger partial charge in [-0.15, -0.1) is 0 Å². The summed E-state index contributed by atoms with van der Waals surface area (Å²) in [5.74, 6) is -3.86. The minimum atomic E-state index is -1.05. The molecule has 0 N–H and O–H groups in total. The number of non-ortho nitro benzene ring substituents is 1. The second kappa shape index (κ2) is 7.44. The molecule has 2 fully saturated rings. The zero-order valence-corrected chi connectivity index (χ0v) is 17.3. The predicted octanol–water partition coefficient (Wildman–Crippen LogP) is 2.64. The Hall–Kier alpha value is -4.21. The molecule has 0 spiro atoms. The van der Waals surface area contributed by atoms with Crippen LogP contribution in [-0.4, -0.2) is 45.8 Å². The van der Waals surface area contributed by atoms with Crippen molar-refractivity contribution in [2.75, 3.05) is 4.90 Å². The number of nitrogens with zero attached hydrogens (tertiary/aromatic N) is 4. The number of rotatable bonds is 4. The van der Waals surface area contributed by atoms with Crippen LogP contribution < -0.4 is 4.90 Å². The SMILES string of the molecule is Cc1cc([N+](=O)[O-])ccc1N1C(=O)[C@@H]2[C@@H](C1=O)[C@@H]1C=CC=NN1[C@@H]2C(=O)c1ccc(F)cc1. The third kappa shape index (κ3) is 3.05. The number of carbonyl (C=O) groups is 3. The van der Waals surface area contributed by atoms with Crippen LogP contribution in [0.1, 0.15) is 15.9 Å². The highest BCUT2D eigenvalue weighted by atomic mass is 19.1. The Morgan fingerprint density at radius 3 is 2.45 bits per heavy atom. The average molecular weight is 448 g/mol. The van der Waals surface area contributed by atoms with Gasteiger partial charge < -0.3 is 0 Å². The first-order valence-electron chi connectivity index (χ1n) is 10.2. The number of nitro benzene ring substituents is 1. The Morgan fingerprint density at radius 2 is 1.79 bits per heavy atom. The number of benzene rings is 2. The van der Waals surface area contributed by atoms with Gasteiger partial charge in [0.15, 0.2) is 5.78 Å². The number of fused-ring (bicyclic) bond motifs is 3. The highest BCUT2D eigenvalue weighted by Crippen LogP contribution is 2.46. The fourth-order valence-electron chi connectivity index (χ4n) is 4.86. The number of ketones is 1. The zero-order valence-electron chi connectivity index (χ0n) is 17.3. The van der Waals surface area contributed by atoms with Crippen LogP contribution in [-0.2, 0) is 9.59 Å². The lowest BCUT2D eigenvalue weighted by molar-refractivity contribution is -0.384. The molecule has 2 aromatic carbocycles. The summed E-state index contributed by atoms with van der Waals surface area (Å²) >= 11 is 0. The fraction of sp³-hybridized carbons (Fsp3) is 0.217. The zero-order chi connectivity index (χ0) is 23.4. The van der Waals surface area contributed by atoms with Crippen molar-refractivity contribution >= 4 is 35.2 Å². The normalized spacial score (nSPS) is 25.4. The molecular weight excluding hydrogens is 431 g/mol. The van der Waals surface area contributed by atoms with Gasteiger partial charge in [0.1, 0.15) is 11.9 Å². The van der Waals surface area contributed by atoms with Gasteiger partial charge in [-0.3, -0.25) is 29.5 Å². The standard InChI is InChI=1S/C23H17FN4O5/c1-12-11-15(28(32)33)8-9-16(12)26-22(30)18-17-3-2-10-25-27(17)20(19(18)23(26)31)21(29)13-4-6-14(24)7-5-13/h2-11,17-20H,1H3/t17-,18-,19+,20-/m0/s1. The number of hydrogen-bond donors (Lipinski definition) is 0. The van der Waals surface area contributed by atoms with Crippen LogP contribution in [0.2, 0.25) is 0 Å². The molecule has 10 heteroatoms. The molecule has 0 radical (unpaired) electrons. The molecule has 0 saturated carbocycles. The van der Waals surface area contributed by atoms with Crippen LogP contribution in [0, 0.1) is 34.7 Å². The molecule has 3 aliphatic heterocycles. The van der Waals surface area contributed by atoms with E-state index in [1.807, 2.05) is 0 Å². The molecule has 33 heavy (non-hydrogen) atoms. The second-order valence-electron chi connectivity index (χ2n) is 8.13. The quantitative estimate of drug-likeness (QED) is 0.308. The van der Waals surface area contributed by atoms with E-state index < -0.39 is 52.3 Å². The van der Waals surface area contributed by atoms with Crippen LogP contribution >= 0.6 is 0 Å². The van der Waals surface area contributed by atoms with E-state index in [9.17, 15) is 28.9 Å². The number of aryl methyl sites for hydroxylation is 1. The summed E-state index contributed by atoms with van der Waals surface area (Å²) in [4.78, 5) is 52.0. The van der Waals surface area contributed by atoms with Crippen molar-refractivity contribution in [2.24, 2.45) is 16.9 Å². The molecule has 0 bridgehead atoms. The molecule has 3 heterocycles. The number of amides is 2. The number of carbonyl (C=O) groups excluding carboxylic acids is 3. The van der Waals surface area contributed by atoms with E-state index in [1.165, 1.54) is 41.6 Å². The Kier molecular flexibility index (Phi) is 4.66. The summed E-state index contributed by atoms with van der Waals surface area (Å²) < 4.78 is 13.4. The molecule has 0 unspecified atom stereocenters. The van der Waals surface area contributed by atoms with Gasteiger partial charge in [0.25, 0.3) is 5.69 Å². The van der Waals surface area contributed by atoms with Crippen LogP contribution in [0.4, 0.5) is 15.8 Å². The van der Waals surface area contributed by atoms with Crippen molar-refractivity contribution in [3.63, 3.8) is 0 Å². The predicted molar refractivity (Wildman–Crippen MR) is 115 cm³/mol. The van der Waals surface area contributed by atoms with E-state index in [4.69, 9.17) is 0 Å². The van der Waals surface area contributed by atoms with E-state index in [1.54, 1.807) is 19.1 Å². The average Bonchev–Trinajstić information content (AvgIpc) is 3.27. The van der Waals surface area contributed by atoms with Crippen LogP contribution in [0.5, 0.6) is 0 Å². The lowest BCUT2D eigenvalue weighted by Gasteiger charge is -2.30. The third-order valence-electron chi connectivity index (χ3n) is 6.32. The molecular formula is C23H17FN4O5. The van der Waals surface area contributed by atoms with Gasteiger partial charge in [-0.25, -0.2) is 9.29 Å². The number of anilines is 1. The summed E-state index contributed by atoms with van der Waals surface area (Å²) in [7, 11) is 0. The lowest BCUT2D eigenvalue weighted by atomic mass is 9.86. The van der Waals surface area contributed by atoms with Crippen LogP contribution in [0.15, 0.2) is 59.7 Å². The first kappa shape index (κ1) is 20.7. The molecule has 3 aliphatic rings. The Balaban J connectivity index is 1.57. The van der Waals surface area contributed by atoms with E-state index >= 15 is 0 Å². The Bertz CT molecular complexity index is 1270. The van der Waals surface area contributed by atoms with E-state index in [-0.39, 0.29) is 16.9 Å². The second-order valence-corrected chi connectivity index (χ2v) is 8.13. The molecule has 2 amide bonds. The number of Topliss-reactive ketones (excluding diaryl/α,β-unsaturated/α-hetero) is 1. The molecule has 4 atom stereocenters. The van der Waals surface area contributed by atoms with Gasteiger partial charge in [0.05, 0.1) is 28.5 Å². The first-order chi connectivity index (χ1) is 15.8. The maximum Gasteiger partial charge on any atom is 0.269 e. The maximum atomic E-state index is 13.6. The van der Waals surface area contributed by atoms with E-state index in [0.29, 0.717) is 5.56 Å². The number of allylic oxidation sites excluding steroid dienone is 1. The van der Waals surface area contributed by atoms with Crippen molar-refractivity contribution in [2.45, 2.75) is 19.0 Å². The van der Waals surface area contributed by atoms with Gasteiger partial charge >= 0.3 is 0 Å². The van der Waals surface area contributed by atoms with Gasteiger partial charge in [0, 0.05) is 23.9 Å².